The zero-order valence-electron chi connectivity index (χ0n) is 24.5. The number of ether oxygens (including phenoxy) is 3. The first kappa shape index (κ1) is 31.6. The van der Waals surface area contributed by atoms with E-state index in [0.29, 0.717) is 18.1 Å². The van der Waals surface area contributed by atoms with Gasteiger partial charge in [0.15, 0.2) is 11.5 Å². The molecule has 0 bridgehead atoms. The predicted octanol–water partition coefficient (Wildman–Crippen LogP) is 5.62. The van der Waals surface area contributed by atoms with Crippen LogP contribution in [0.3, 0.4) is 0 Å². The second-order valence-electron chi connectivity index (χ2n) is 9.39. The summed E-state index contributed by atoms with van der Waals surface area (Å²) in [7, 11) is -1.34. The topological polar surface area (TPSA) is 111 Å². The fourth-order valence-corrected chi connectivity index (χ4v) is 6.24. The van der Waals surface area contributed by atoms with E-state index in [1.54, 1.807) is 30.5 Å². The van der Waals surface area contributed by atoms with Crippen molar-refractivity contribution in [2.75, 3.05) is 31.7 Å². The fourth-order valence-electron chi connectivity index (χ4n) is 4.54. The Kier molecular flexibility index (Phi) is 10.1. The first-order valence-electron chi connectivity index (χ1n) is 13.3. The minimum Gasteiger partial charge on any atom is -0.494 e. The summed E-state index contributed by atoms with van der Waals surface area (Å²) in [6.07, 6.45) is 1.54. The van der Waals surface area contributed by atoms with Gasteiger partial charge in [-0.1, -0.05) is 15.9 Å². The monoisotopic (exact) mass is 668 g/mol. The lowest BCUT2D eigenvalue weighted by Crippen LogP contribution is -2.39. The molecule has 0 fully saturated rings. The van der Waals surface area contributed by atoms with Gasteiger partial charge < -0.3 is 18.8 Å². The zero-order valence-corrected chi connectivity index (χ0v) is 26.9. The molecule has 1 amide bonds. The Balaban J connectivity index is 1.59. The Hall–Kier alpha value is -4.29. The number of methoxy groups -OCH3 is 2. The molecule has 0 saturated carbocycles. The molecule has 12 heteroatoms. The van der Waals surface area contributed by atoms with Crippen LogP contribution in [-0.4, -0.2) is 52.5 Å². The number of aryl methyl sites for hydroxylation is 1. The number of carbonyl (C=O) groups excluding carboxylic acids is 1. The second kappa shape index (κ2) is 13.8. The maximum Gasteiger partial charge on any atom is 0.264 e. The average Bonchev–Trinajstić information content (AvgIpc) is 3.28. The third kappa shape index (κ3) is 7.20. The van der Waals surface area contributed by atoms with Crippen LogP contribution in [0, 0.1) is 13.8 Å². The molecule has 226 valence electrons. The highest BCUT2D eigenvalue weighted by Crippen LogP contribution is 2.32. The van der Waals surface area contributed by atoms with Crippen molar-refractivity contribution in [1.29, 1.82) is 0 Å². The number of nitrogens with one attached hydrogen (secondary N) is 1. The van der Waals surface area contributed by atoms with Gasteiger partial charge in [-0.25, -0.2) is 13.8 Å². The van der Waals surface area contributed by atoms with E-state index >= 15 is 0 Å². The summed E-state index contributed by atoms with van der Waals surface area (Å²) in [5.41, 5.74) is 6.48. The third-order valence-electron chi connectivity index (χ3n) is 6.61. The number of sulfonamides is 1. The van der Waals surface area contributed by atoms with Gasteiger partial charge >= 0.3 is 0 Å². The molecule has 0 aliphatic rings. The largest absolute Gasteiger partial charge is 0.494 e. The molecule has 0 saturated heterocycles. The first-order valence-corrected chi connectivity index (χ1v) is 15.6. The smallest absolute Gasteiger partial charge is 0.264 e. The Morgan fingerprint density at radius 2 is 1.65 bits per heavy atom. The number of anilines is 1. The molecule has 3 aromatic carbocycles. The van der Waals surface area contributed by atoms with Gasteiger partial charge in [0.05, 0.1) is 37.6 Å². The lowest BCUT2D eigenvalue weighted by molar-refractivity contribution is -0.119. The summed E-state index contributed by atoms with van der Waals surface area (Å²) in [6, 6.07) is 20.6. The summed E-state index contributed by atoms with van der Waals surface area (Å²) in [5.74, 6) is 0.561. The lowest BCUT2D eigenvalue weighted by Gasteiger charge is -2.24. The summed E-state index contributed by atoms with van der Waals surface area (Å²) >= 11 is 3.46. The van der Waals surface area contributed by atoms with Crippen molar-refractivity contribution >= 4 is 43.8 Å². The van der Waals surface area contributed by atoms with Crippen molar-refractivity contribution < 1.29 is 27.4 Å². The van der Waals surface area contributed by atoms with Gasteiger partial charge in [0.25, 0.3) is 15.9 Å². The van der Waals surface area contributed by atoms with E-state index in [2.05, 4.69) is 31.0 Å². The van der Waals surface area contributed by atoms with Crippen molar-refractivity contribution in [2.45, 2.75) is 25.7 Å². The molecule has 0 aliphatic heterocycles. The van der Waals surface area contributed by atoms with Gasteiger partial charge in [0.2, 0.25) is 0 Å². The van der Waals surface area contributed by atoms with Crippen LogP contribution >= 0.6 is 15.9 Å². The molecule has 43 heavy (non-hydrogen) atoms. The van der Waals surface area contributed by atoms with Crippen LogP contribution in [0.2, 0.25) is 0 Å². The predicted molar refractivity (Wildman–Crippen MR) is 170 cm³/mol. The molecule has 1 N–H and O–H groups in total. The molecule has 1 heterocycles. The standard InChI is InChI=1S/C31H33BrN4O6S/c1-6-42-27-13-11-25(12-14-27)35(43(38,39)28-15-16-29(40-4)30(18-28)41-5)20-31(37)34-33-19-23-17-21(2)36(22(23)3)26-9-7-24(32)8-10-26/h7-19H,6,20H2,1-5H3,(H,34,37)/b33-19-. The highest BCUT2D eigenvalue weighted by molar-refractivity contribution is 9.10. The van der Waals surface area contributed by atoms with E-state index in [1.165, 1.54) is 32.4 Å². The molecule has 0 atom stereocenters. The number of nitrogens with zero attached hydrogens (tertiary/aromatic N) is 3. The van der Waals surface area contributed by atoms with Crippen molar-refractivity contribution in [3.63, 3.8) is 0 Å². The second-order valence-corrected chi connectivity index (χ2v) is 12.2. The maximum absolute atomic E-state index is 13.9. The number of amides is 1. The maximum atomic E-state index is 13.9. The van der Waals surface area contributed by atoms with Crippen LogP contribution in [0.1, 0.15) is 23.9 Å². The molecule has 10 nitrogen and oxygen atoms in total. The molecule has 0 aliphatic carbocycles. The van der Waals surface area contributed by atoms with Crippen LogP contribution in [0.5, 0.6) is 17.2 Å². The van der Waals surface area contributed by atoms with E-state index in [1.807, 2.05) is 51.1 Å². The number of halogens is 1. The summed E-state index contributed by atoms with van der Waals surface area (Å²) in [5, 5.41) is 4.13. The van der Waals surface area contributed by atoms with Gasteiger partial charge in [-0.3, -0.25) is 9.10 Å². The van der Waals surface area contributed by atoms with Crippen LogP contribution in [0.4, 0.5) is 5.69 Å². The summed E-state index contributed by atoms with van der Waals surface area (Å²) in [6.45, 7) is 5.73. The lowest BCUT2D eigenvalue weighted by atomic mass is 10.2. The zero-order chi connectivity index (χ0) is 31.1. The first-order chi connectivity index (χ1) is 20.6. The van der Waals surface area contributed by atoms with Crippen molar-refractivity contribution in [3.8, 4) is 22.9 Å². The molecule has 4 aromatic rings. The number of carbonyl (C=O) groups is 1. The van der Waals surface area contributed by atoms with Gasteiger partial charge in [-0.2, -0.15) is 5.10 Å². The quantitative estimate of drug-likeness (QED) is 0.155. The number of benzene rings is 3. The number of rotatable bonds is 12. The molecule has 0 unspecified atom stereocenters. The Morgan fingerprint density at radius 1 is 0.977 bits per heavy atom. The molecule has 4 rings (SSSR count). The molecule has 0 radical (unpaired) electrons. The van der Waals surface area contributed by atoms with Gasteiger partial charge in [-0.15, -0.1) is 0 Å². The van der Waals surface area contributed by atoms with E-state index in [-0.39, 0.29) is 16.3 Å². The summed E-state index contributed by atoms with van der Waals surface area (Å²) in [4.78, 5) is 13.0. The van der Waals surface area contributed by atoms with Crippen LogP contribution in [0.15, 0.2) is 87.3 Å². The number of hydrazone groups is 1. The van der Waals surface area contributed by atoms with Gasteiger partial charge in [0.1, 0.15) is 12.3 Å². The Morgan fingerprint density at radius 3 is 2.28 bits per heavy atom. The van der Waals surface area contributed by atoms with E-state index in [4.69, 9.17) is 14.2 Å². The van der Waals surface area contributed by atoms with Crippen LogP contribution < -0.4 is 23.9 Å². The SMILES string of the molecule is CCOc1ccc(N(CC(=O)N/N=C\c2cc(C)n(-c3ccc(Br)cc3)c2C)S(=O)(=O)c2ccc(OC)c(OC)c2)cc1. The molecule has 0 spiro atoms. The Bertz CT molecular complexity index is 1720. The number of hydrogen-bond donors (Lipinski definition) is 1. The van der Waals surface area contributed by atoms with Gasteiger partial charge in [0, 0.05) is 33.2 Å². The Labute approximate surface area is 260 Å². The van der Waals surface area contributed by atoms with Gasteiger partial charge in [-0.05, 0) is 87.5 Å². The summed E-state index contributed by atoms with van der Waals surface area (Å²) < 4.78 is 47.8. The number of aromatic nitrogens is 1. The third-order valence-corrected chi connectivity index (χ3v) is 8.91. The molecular formula is C31H33BrN4O6S. The van der Waals surface area contributed by atoms with Crippen molar-refractivity contribution in [3.05, 3.63) is 94.2 Å². The highest BCUT2D eigenvalue weighted by atomic mass is 79.9. The molecular weight excluding hydrogens is 636 g/mol. The minimum atomic E-state index is -4.21. The van der Waals surface area contributed by atoms with E-state index < -0.39 is 22.5 Å². The molecule has 1 aromatic heterocycles. The van der Waals surface area contributed by atoms with Crippen LogP contribution in [0.25, 0.3) is 5.69 Å². The minimum absolute atomic E-state index is 0.0734. The van der Waals surface area contributed by atoms with E-state index in [0.717, 1.165) is 31.4 Å². The average molecular weight is 670 g/mol. The van der Waals surface area contributed by atoms with Crippen molar-refractivity contribution in [1.82, 2.24) is 9.99 Å². The fraction of sp³-hybridized carbons (Fsp3) is 0.226. The van der Waals surface area contributed by atoms with Crippen LogP contribution in [-0.2, 0) is 14.8 Å². The normalized spacial score (nSPS) is 11.4. The van der Waals surface area contributed by atoms with Crippen molar-refractivity contribution in [2.24, 2.45) is 5.10 Å². The highest BCUT2D eigenvalue weighted by Gasteiger charge is 2.28. The van der Waals surface area contributed by atoms with E-state index in [9.17, 15) is 13.2 Å². The number of hydrogen-bond acceptors (Lipinski definition) is 7.